The van der Waals surface area contributed by atoms with Gasteiger partial charge in [-0.05, 0) is 0 Å². The quantitative estimate of drug-likeness (QED) is 0.463. The van der Waals surface area contributed by atoms with Gasteiger partial charge in [-0.3, -0.25) is 5.41 Å². The Kier molecular flexibility index (Phi) is 2.62. The maximum absolute atomic E-state index is 7.95. The smallest absolute Gasteiger partial charge is 0.152 e. The molecular weight excluding hydrogens is 198 g/mol. The SMILES string of the molecule is N=C(c1[nH]cnc1N)N1CCSCC1. The fourth-order valence-corrected chi connectivity index (χ4v) is 2.34. The van der Waals surface area contributed by atoms with E-state index in [2.05, 4.69) is 9.97 Å². The van der Waals surface area contributed by atoms with Gasteiger partial charge in [0, 0.05) is 24.6 Å². The molecule has 4 N–H and O–H groups in total. The van der Waals surface area contributed by atoms with E-state index in [1.165, 1.54) is 6.33 Å². The van der Waals surface area contributed by atoms with Crippen molar-refractivity contribution in [1.82, 2.24) is 14.9 Å². The fourth-order valence-electron chi connectivity index (χ4n) is 1.44. The van der Waals surface area contributed by atoms with Crippen molar-refractivity contribution in [3.05, 3.63) is 12.0 Å². The molecule has 14 heavy (non-hydrogen) atoms. The summed E-state index contributed by atoms with van der Waals surface area (Å²) in [6.45, 7) is 1.84. The molecule has 1 aliphatic heterocycles. The lowest BCUT2D eigenvalue weighted by Crippen LogP contribution is -2.38. The highest BCUT2D eigenvalue weighted by Gasteiger charge is 2.18. The summed E-state index contributed by atoms with van der Waals surface area (Å²) in [6, 6.07) is 0. The van der Waals surface area contributed by atoms with Crippen LogP contribution in [0.3, 0.4) is 0 Å². The van der Waals surface area contributed by atoms with Gasteiger partial charge in [-0.2, -0.15) is 11.8 Å². The molecule has 0 aromatic carbocycles. The Balaban J connectivity index is 2.11. The van der Waals surface area contributed by atoms with Crippen molar-refractivity contribution in [3.8, 4) is 0 Å². The molecule has 2 heterocycles. The molecule has 0 radical (unpaired) electrons. The number of hydrogen-bond acceptors (Lipinski definition) is 4. The van der Waals surface area contributed by atoms with E-state index in [9.17, 15) is 0 Å². The summed E-state index contributed by atoms with van der Waals surface area (Å²) in [7, 11) is 0. The van der Waals surface area contributed by atoms with Gasteiger partial charge in [0.15, 0.2) is 5.82 Å². The second-order valence-corrected chi connectivity index (χ2v) is 4.34. The number of aromatic nitrogens is 2. The Labute approximate surface area is 86.6 Å². The van der Waals surface area contributed by atoms with Crippen molar-refractivity contribution in [2.24, 2.45) is 0 Å². The predicted octanol–water partition coefficient (Wildman–Crippen LogP) is 0.366. The monoisotopic (exact) mass is 211 g/mol. The summed E-state index contributed by atoms with van der Waals surface area (Å²) in [5.74, 6) is 3.03. The molecule has 0 saturated carbocycles. The number of amidine groups is 1. The van der Waals surface area contributed by atoms with Crippen molar-refractivity contribution in [1.29, 1.82) is 5.41 Å². The van der Waals surface area contributed by atoms with Gasteiger partial charge in [0.2, 0.25) is 0 Å². The van der Waals surface area contributed by atoms with Crippen LogP contribution in [0.1, 0.15) is 5.69 Å². The zero-order chi connectivity index (χ0) is 9.97. The number of thioether (sulfide) groups is 1. The molecule has 0 unspecified atom stereocenters. The molecule has 1 fully saturated rings. The number of nitrogens with one attached hydrogen (secondary N) is 2. The molecule has 0 bridgehead atoms. The summed E-state index contributed by atoms with van der Waals surface area (Å²) in [5, 5.41) is 7.95. The predicted molar refractivity (Wildman–Crippen MR) is 58.7 cm³/mol. The molecule has 1 saturated heterocycles. The molecule has 2 rings (SSSR count). The summed E-state index contributed by atoms with van der Waals surface area (Å²) in [5.41, 5.74) is 6.27. The molecule has 1 aromatic rings. The molecule has 0 amide bonds. The second-order valence-electron chi connectivity index (χ2n) is 3.11. The minimum absolute atomic E-state index is 0.410. The number of nitrogen functional groups attached to an aromatic ring is 1. The number of imidazole rings is 1. The van der Waals surface area contributed by atoms with E-state index in [1.54, 1.807) is 0 Å². The van der Waals surface area contributed by atoms with Crippen molar-refractivity contribution >= 4 is 23.4 Å². The Morgan fingerprint density at radius 2 is 2.29 bits per heavy atom. The number of rotatable bonds is 1. The summed E-state index contributed by atoms with van der Waals surface area (Å²) >= 11 is 1.92. The number of nitrogens with zero attached hydrogens (tertiary/aromatic N) is 2. The fraction of sp³-hybridized carbons (Fsp3) is 0.500. The van der Waals surface area contributed by atoms with Gasteiger partial charge in [0.05, 0.1) is 6.33 Å². The Bertz CT molecular complexity index is 328. The van der Waals surface area contributed by atoms with Gasteiger partial charge in [-0.25, -0.2) is 4.98 Å². The van der Waals surface area contributed by atoms with E-state index in [4.69, 9.17) is 11.1 Å². The van der Waals surface area contributed by atoms with Crippen LogP contribution in [0.2, 0.25) is 0 Å². The van der Waals surface area contributed by atoms with Crippen LogP contribution < -0.4 is 5.73 Å². The largest absolute Gasteiger partial charge is 0.382 e. The van der Waals surface area contributed by atoms with Gasteiger partial charge >= 0.3 is 0 Å². The zero-order valence-corrected chi connectivity index (χ0v) is 8.60. The van der Waals surface area contributed by atoms with Crippen molar-refractivity contribution in [2.45, 2.75) is 0 Å². The standard InChI is InChI=1S/C8H13N5S/c9-7-6(11-5-12-7)8(10)13-1-3-14-4-2-13/h5,10H,1-4,9H2,(H,11,12). The second kappa shape index (κ2) is 3.91. The molecule has 76 valence electrons. The van der Waals surface area contributed by atoms with E-state index >= 15 is 0 Å². The third-order valence-electron chi connectivity index (χ3n) is 2.23. The molecule has 0 aliphatic carbocycles. The van der Waals surface area contributed by atoms with Gasteiger partial charge < -0.3 is 15.6 Å². The zero-order valence-electron chi connectivity index (χ0n) is 7.79. The van der Waals surface area contributed by atoms with Crippen LogP contribution in [0, 0.1) is 5.41 Å². The third-order valence-corrected chi connectivity index (χ3v) is 3.18. The van der Waals surface area contributed by atoms with Crippen molar-refractivity contribution < 1.29 is 0 Å². The van der Waals surface area contributed by atoms with Crippen molar-refractivity contribution in [3.63, 3.8) is 0 Å². The Hall–Kier alpha value is -1.17. The molecule has 1 aliphatic rings. The highest BCUT2D eigenvalue weighted by molar-refractivity contribution is 7.99. The lowest BCUT2D eigenvalue weighted by molar-refractivity contribution is 0.460. The highest BCUT2D eigenvalue weighted by Crippen LogP contribution is 2.14. The first-order valence-electron chi connectivity index (χ1n) is 4.49. The van der Waals surface area contributed by atoms with E-state index < -0.39 is 0 Å². The molecule has 0 atom stereocenters. The van der Waals surface area contributed by atoms with Crippen LogP contribution >= 0.6 is 11.8 Å². The number of aromatic amines is 1. The molecule has 0 spiro atoms. The number of hydrogen-bond donors (Lipinski definition) is 3. The summed E-state index contributed by atoms with van der Waals surface area (Å²) in [6.07, 6.45) is 1.53. The average Bonchev–Trinajstić information content (AvgIpc) is 2.65. The first kappa shape index (κ1) is 9.39. The Morgan fingerprint density at radius 3 is 2.86 bits per heavy atom. The van der Waals surface area contributed by atoms with E-state index in [0.29, 0.717) is 17.3 Å². The minimum Gasteiger partial charge on any atom is -0.382 e. The van der Waals surface area contributed by atoms with Gasteiger partial charge in [-0.15, -0.1) is 0 Å². The lowest BCUT2D eigenvalue weighted by atomic mass is 10.3. The first-order valence-corrected chi connectivity index (χ1v) is 5.65. The lowest BCUT2D eigenvalue weighted by Gasteiger charge is -2.28. The van der Waals surface area contributed by atoms with Crippen LogP contribution in [-0.4, -0.2) is 45.3 Å². The van der Waals surface area contributed by atoms with Crippen LogP contribution in [-0.2, 0) is 0 Å². The average molecular weight is 211 g/mol. The molecule has 5 nitrogen and oxygen atoms in total. The van der Waals surface area contributed by atoms with E-state index in [0.717, 1.165) is 24.6 Å². The molecular formula is C8H13N5S. The highest BCUT2D eigenvalue weighted by atomic mass is 32.2. The van der Waals surface area contributed by atoms with Gasteiger partial charge in [0.1, 0.15) is 11.5 Å². The van der Waals surface area contributed by atoms with E-state index in [1.807, 2.05) is 16.7 Å². The number of anilines is 1. The van der Waals surface area contributed by atoms with E-state index in [-0.39, 0.29) is 0 Å². The first-order chi connectivity index (χ1) is 6.79. The summed E-state index contributed by atoms with van der Waals surface area (Å²) in [4.78, 5) is 8.80. The van der Waals surface area contributed by atoms with Gasteiger partial charge in [-0.1, -0.05) is 0 Å². The maximum Gasteiger partial charge on any atom is 0.152 e. The maximum atomic E-state index is 7.95. The van der Waals surface area contributed by atoms with Crippen LogP contribution in [0.25, 0.3) is 0 Å². The number of nitrogens with two attached hydrogens (primary N) is 1. The van der Waals surface area contributed by atoms with Gasteiger partial charge in [0.25, 0.3) is 0 Å². The third kappa shape index (κ3) is 1.70. The normalized spacial score (nSPS) is 17.0. The minimum atomic E-state index is 0.410. The van der Waals surface area contributed by atoms with Crippen LogP contribution in [0.15, 0.2) is 6.33 Å². The summed E-state index contributed by atoms with van der Waals surface area (Å²) < 4.78 is 0. The molecule has 6 heteroatoms. The van der Waals surface area contributed by atoms with Crippen molar-refractivity contribution in [2.75, 3.05) is 30.3 Å². The topological polar surface area (TPSA) is 81.8 Å². The van der Waals surface area contributed by atoms with Crippen LogP contribution in [0.4, 0.5) is 5.82 Å². The molecule has 1 aromatic heterocycles. The number of H-pyrrole nitrogens is 1. The van der Waals surface area contributed by atoms with Crippen LogP contribution in [0.5, 0.6) is 0 Å². The Morgan fingerprint density at radius 1 is 1.57 bits per heavy atom.